The molecule has 0 spiro atoms. The summed E-state index contributed by atoms with van der Waals surface area (Å²) in [5.41, 5.74) is 1.83. The Morgan fingerprint density at radius 3 is 2.95 bits per heavy atom. The molecule has 0 aliphatic rings. The topological polar surface area (TPSA) is 51.2 Å². The number of nitrogens with one attached hydrogen (secondary N) is 1. The van der Waals surface area contributed by atoms with E-state index in [1.807, 2.05) is 23.6 Å². The number of halogens is 2. The summed E-state index contributed by atoms with van der Waals surface area (Å²) in [5, 5.41) is 5.99. The van der Waals surface area contributed by atoms with Crippen LogP contribution in [0.15, 0.2) is 32.5 Å². The number of benzene rings is 1. The summed E-state index contributed by atoms with van der Waals surface area (Å²) in [5.74, 6) is -0.219. The molecule has 1 aromatic carbocycles. The van der Waals surface area contributed by atoms with E-state index in [9.17, 15) is 4.79 Å². The maximum atomic E-state index is 11.1. The second kappa shape index (κ2) is 7.19. The zero-order valence-corrected chi connectivity index (χ0v) is 14.6. The largest absolute Gasteiger partial charge is 0.469 e. The number of methoxy groups -OCH3 is 1. The first-order valence-corrected chi connectivity index (χ1v) is 8.28. The first-order chi connectivity index (χ1) is 9.58. The second-order valence-corrected chi connectivity index (χ2v) is 6.60. The van der Waals surface area contributed by atoms with E-state index >= 15 is 0 Å². The lowest BCUT2D eigenvalue weighted by Gasteiger charge is -2.05. The predicted octanol–water partition coefficient (Wildman–Crippen LogP) is 4.52. The number of hydrogen-bond acceptors (Lipinski definition) is 5. The van der Waals surface area contributed by atoms with Gasteiger partial charge in [-0.3, -0.25) is 4.79 Å². The molecular formula is C13H12Br2N2O2S. The Bertz CT molecular complexity index is 616. The van der Waals surface area contributed by atoms with Gasteiger partial charge in [0.1, 0.15) is 0 Å². The van der Waals surface area contributed by atoms with Crippen molar-refractivity contribution >= 4 is 60.0 Å². The molecule has 0 radical (unpaired) electrons. The predicted molar refractivity (Wildman–Crippen MR) is 87.6 cm³/mol. The van der Waals surface area contributed by atoms with E-state index in [0.29, 0.717) is 12.8 Å². The van der Waals surface area contributed by atoms with E-state index in [0.717, 1.165) is 25.5 Å². The van der Waals surface area contributed by atoms with Crippen molar-refractivity contribution in [1.29, 1.82) is 0 Å². The molecule has 2 rings (SSSR count). The van der Waals surface area contributed by atoms with Gasteiger partial charge in [-0.25, -0.2) is 4.98 Å². The van der Waals surface area contributed by atoms with E-state index in [2.05, 4.69) is 46.9 Å². The molecule has 0 bridgehead atoms. The number of nitrogens with zero attached hydrogens (tertiary/aromatic N) is 1. The van der Waals surface area contributed by atoms with Crippen LogP contribution in [0.2, 0.25) is 0 Å². The van der Waals surface area contributed by atoms with Crippen LogP contribution in [-0.4, -0.2) is 18.1 Å². The van der Waals surface area contributed by atoms with E-state index in [1.54, 1.807) is 0 Å². The van der Waals surface area contributed by atoms with Gasteiger partial charge in [0, 0.05) is 20.7 Å². The number of rotatable bonds is 5. The normalized spacial score (nSPS) is 10.3. The molecule has 4 nitrogen and oxygen atoms in total. The van der Waals surface area contributed by atoms with Crippen molar-refractivity contribution < 1.29 is 9.53 Å². The van der Waals surface area contributed by atoms with Crippen LogP contribution in [0.5, 0.6) is 0 Å². The van der Waals surface area contributed by atoms with Crippen LogP contribution in [0.3, 0.4) is 0 Å². The molecule has 0 aliphatic heterocycles. The highest BCUT2D eigenvalue weighted by Gasteiger charge is 2.07. The Balaban J connectivity index is 2.00. The molecule has 0 fully saturated rings. The van der Waals surface area contributed by atoms with Crippen molar-refractivity contribution in [2.45, 2.75) is 12.8 Å². The molecule has 0 amide bonds. The van der Waals surface area contributed by atoms with Crippen molar-refractivity contribution in [1.82, 2.24) is 4.98 Å². The highest BCUT2D eigenvalue weighted by molar-refractivity contribution is 9.11. The van der Waals surface area contributed by atoms with Gasteiger partial charge in [0.25, 0.3) is 0 Å². The van der Waals surface area contributed by atoms with Crippen LogP contribution in [0, 0.1) is 0 Å². The van der Waals surface area contributed by atoms with E-state index in [-0.39, 0.29) is 5.97 Å². The minimum absolute atomic E-state index is 0.219. The Morgan fingerprint density at radius 1 is 1.45 bits per heavy atom. The van der Waals surface area contributed by atoms with Crippen molar-refractivity contribution in [3.63, 3.8) is 0 Å². The van der Waals surface area contributed by atoms with Crippen LogP contribution in [0.25, 0.3) is 0 Å². The highest BCUT2D eigenvalue weighted by atomic mass is 79.9. The number of esters is 1. The van der Waals surface area contributed by atoms with Gasteiger partial charge in [-0.05, 0) is 34.1 Å². The number of hydrogen-bond donors (Lipinski definition) is 1. The standard InChI is InChI=1S/C13H12Br2N2O2S/c1-19-12(18)5-3-9-7-20-13(16-9)17-11-4-2-8(14)6-10(11)15/h2,4,6-7H,3,5H2,1H3,(H,16,17). The average molecular weight is 420 g/mol. The average Bonchev–Trinajstić information content (AvgIpc) is 2.87. The number of carbonyl (C=O) groups is 1. The summed E-state index contributed by atoms with van der Waals surface area (Å²) in [6.45, 7) is 0. The van der Waals surface area contributed by atoms with Crippen molar-refractivity contribution in [3.05, 3.63) is 38.2 Å². The Morgan fingerprint density at radius 2 is 2.25 bits per heavy atom. The van der Waals surface area contributed by atoms with E-state index in [1.165, 1.54) is 18.4 Å². The van der Waals surface area contributed by atoms with Gasteiger partial charge >= 0.3 is 5.97 Å². The third-order valence-electron chi connectivity index (χ3n) is 2.54. The zero-order chi connectivity index (χ0) is 14.5. The molecule has 0 atom stereocenters. The summed E-state index contributed by atoms with van der Waals surface area (Å²) in [6, 6.07) is 5.89. The van der Waals surface area contributed by atoms with Crippen molar-refractivity contribution in [3.8, 4) is 0 Å². The van der Waals surface area contributed by atoms with Crippen molar-refractivity contribution in [2.75, 3.05) is 12.4 Å². The number of anilines is 2. The summed E-state index contributed by atoms with van der Waals surface area (Å²) < 4.78 is 6.58. The lowest BCUT2D eigenvalue weighted by molar-refractivity contribution is -0.140. The fourth-order valence-electron chi connectivity index (χ4n) is 1.52. The van der Waals surface area contributed by atoms with Gasteiger partial charge in [-0.1, -0.05) is 15.9 Å². The first kappa shape index (κ1) is 15.5. The van der Waals surface area contributed by atoms with Gasteiger partial charge < -0.3 is 10.1 Å². The molecule has 0 aliphatic carbocycles. The summed E-state index contributed by atoms with van der Waals surface area (Å²) in [7, 11) is 1.39. The van der Waals surface area contributed by atoms with Crippen LogP contribution >= 0.6 is 43.2 Å². The summed E-state index contributed by atoms with van der Waals surface area (Å²) in [6.07, 6.45) is 0.939. The number of ether oxygens (including phenoxy) is 1. The molecule has 1 aromatic heterocycles. The first-order valence-electron chi connectivity index (χ1n) is 5.82. The zero-order valence-electron chi connectivity index (χ0n) is 10.7. The van der Waals surface area contributed by atoms with Gasteiger partial charge in [-0.15, -0.1) is 11.3 Å². The van der Waals surface area contributed by atoms with Gasteiger partial charge in [0.05, 0.1) is 24.9 Å². The molecule has 2 aromatic rings. The van der Waals surface area contributed by atoms with E-state index in [4.69, 9.17) is 0 Å². The maximum absolute atomic E-state index is 11.1. The molecule has 106 valence electrons. The third-order valence-corrected chi connectivity index (χ3v) is 4.49. The highest BCUT2D eigenvalue weighted by Crippen LogP contribution is 2.30. The molecule has 0 saturated carbocycles. The van der Waals surface area contributed by atoms with Crippen LogP contribution in [0.1, 0.15) is 12.1 Å². The van der Waals surface area contributed by atoms with Crippen molar-refractivity contribution in [2.24, 2.45) is 0 Å². The quantitative estimate of drug-likeness (QED) is 0.724. The minimum Gasteiger partial charge on any atom is -0.469 e. The fraction of sp³-hybridized carbons (Fsp3) is 0.231. The number of thiazole rings is 1. The Hall–Kier alpha value is -0.920. The molecule has 0 saturated heterocycles. The number of aromatic nitrogens is 1. The molecule has 20 heavy (non-hydrogen) atoms. The Labute approximate surface area is 137 Å². The summed E-state index contributed by atoms with van der Waals surface area (Å²) >= 11 is 8.42. The lowest BCUT2D eigenvalue weighted by Crippen LogP contribution is -2.02. The molecule has 1 N–H and O–H groups in total. The van der Waals surface area contributed by atoms with Crippen LogP contribution in [0.4, 0.5) is 10.8 Å². The molecule has 7 heteroatoms. The second-order valence-electron chi connectivity index (χ2n) is 3.97. The van der Waals surface area contributed by atoms with Crippen LogP contribution in [-0.2, 0) is 16.0 Å². The van der Waals surface area contributed by atoms with Gasteiger partial charge in [0.15, 0.2) is 5.13 Å². The monoisotopic (exact) mass is 418 g/mol. The van der Waals surface area contributed by atoms with Gasteiger partial charge in [0.2, 0.25) is 0 Å². The van der Waals surface area contributed by atoms with Gasteiger partial charge in [-0.2, -0.15) is 0 Å². The molecule has 0 unspecified atom stereocenters. The molecular weight excluding hydrogens is 408 g/mol. The number of carbonyl (C=O) groups excluding carboxylic acids is 1. The SMILES string of the molecule is COC(=O)CCc1csc(Nc2ccc(Br)cc2Br)n1. The fourth-order valence-corrected chi connectivity index (χ4v) is 3.42. The molecule has 1 heterocycles. The number of aryl methyl sites for hydroxylation is 1. The smallest absolute Gasteiger partial charge is 0.305 e. The summed E-state index contributed by atoms with van der Waals surface area (Å²) in [4.78, 5) is 15.5. The minimum atomic E-state index is -0.219. The van der Waals surface area contributed by atoms with Crippen LogP contribution < -0.4 is 5.32 Å². The maximum Gasteiger partial charge on any atom is 0.305 e. The Kier molecular flexibility index (Phi) is 5.56. The van der Waals surface area contributed by atoms with E-state index < -0.39 is 0 Å². The third kappa shape index (κ3) is 4.29. The lowest BCUT2D eigenvalue weighted by atomic mass is 10.2.